The van der Waals surface area contributed by atoms with Crippen molar-refractivity contribution in [3.63, 3.8) is 0 Å². The van der Waals surface area contributed by atoms with Crippen LogP contribution >= 0.6 is 12.1 Å². The smallest absolute Gasteiger partial charge is 0.0643 e. The summed E-state index contributed by atoms with van der Waals surface area (Å²) < 4.78 is 0. The second-order valence-electron chi connectivity index (χ2n) is 10.2. The summed E-state index contributed by atoms with van der Waals surface area (Å²) in [5.41, 5.74) is 6.29. The lowest BCUT2D eigenvalue weighted by Gasteiger charge is -2.47. The summed E-state index contributed by atoms with van der Waals surface area (Å²) in [6.07, 6.45) is 1.96. The average Bonchev–Trinajstić information content (AvgIpc) is 3.01. The van der Waals surface area contributed by atoms with Crippen molar-refractivity contribution in [3.8, 4) is 0 Å². The maximum atomic E-state index is 6.91. The third kappa shape index (κ3) is 3.51. The Balaban J connectivity index is 1.66. The summed E-state index contributed by atoms with van der Waals surface area (Å²) in [6.45, 7) is 4.45. The van der Waals surface area contributed by atoms with Gasteiger partial charge in [-0.05, 0) is 58.8 Å². The Morgan fingerprint density at radius 3 is 1.36 bits per heavy atom. The van der Waals surface area contributed by atoms with Gasteiger partial charge in [-0.15, -0.1) is 0 Å². The molecule has 0 saturated carbocycles. The van der Waals surface area contributed by atoms with Gasteiger partial charge in [0.05, 0.1) is 17.1 Å². The molecular formula is C34H29NP2S2. The number of aryl methyl sites for hydroxylation is 2. The molecule has 2 unspecified atom stereocenters. The van der Waals surface area contributed by atoms with Crippen LogP contribution in [-0.4, -0.2) is 0 Å². The fraction of sp³-hybridized carbons (Fsp3) is 0.118. The third-order valence-electron chi connectivity index (χ3n) is 8.19. The molecule has 2 heterocycles. The number of rotatable bonds is 4. The van der Waals surface area contributed by atoms with E-state index >= 15 is 0 Å². The van der Waals surface area contributed by atoms with Crippen LogP contribution in [0.2, 0.25) is 0 Å². The molecule has 2 aliphatic heterocycles. The number of para-hydroxylation sites is 1. The summed E-state index contributed by atoms with van der Waals surface area (Å²) in [6, 6.07) is 37.7. The molecule has 0 bridgehead atoms. The van der Waals surface area contributed by atoms with Gasteiger partial charge < -0.3 is 4.90 Å². The van der Waals surface area contributed by atoms with Crippen molar-refractivity contribution in [2.45, 2.75) is 26.7 Å². The first-order chi connectivity index (χ1) is 19.0. The molecule has 2 atom stereocenters. The van der Waals surface area contributed by atoms with Crippen molar-refractivity contribution in [1.29, 1.82) is 0 Å². The van der Waals surface area contributed by atoms with Crippen molar-refractivity contribution in [2.75, 3.05) is 4.90 Å². The van der Waals surface area contributed by atoms with Gasteiger partial charge in [0.1, 0.15) is 0 Å². The summed E-state index contributed by atoms with van der Waals surface area (Å²) >= 11 is 13.8. The predicted molar refractivity (Wildman–Crippen MR) is 179 cm³/mol. The van der Waals surface area contributed by atoms with E-state index in [-0.39, 0.29) is 0 Å². The molecule has 0 radical (unpaired) electrons. The zero-order chi connectivity index (χ0) is 26.8. The van der Waals surface area contributed by atoms with E-state index in [0.29, 0.717) is 0 Å². The zero-order valence-electron chi connectivity index (χ0n) is 22.0. The largest absolute Gasteiger partial charge is 0.308 e. The van der Waals surface area contributed by atoms with Gasteiger partial charge in [0.2, 0.25) is 0 Å². The number of fused-ring (bicyclic) bond motifs is 4. The van der Waals surface area contributed by atoms with Crippen LogP contribution in [0.15, 0.2) is 115 Å². The van der Waals surface area contributed by atoms with Gasteiger partial charge in [0.15, 0.2) is 0 Å². The van der Waals surface area contributed by atoms with Crippen LogP contribution in [0.1, 0.15) is 25.0 Å². The predicted octanol–water partition coefficient (Wildman–Crippen LogP) is 6.42. The van der Waals surface area contributed by atoms with Gasteiger partial charge in [-0.2, -0.15) is 0 Å². The summed E-state index contributed by atoms with van der Waals surface area (Å²) in [5, 5.41) is 7.57. The maximum Gasteiger partial charge on any atom is 0.0643 e. The van der Waals surface area contributed by atoms with Crippen molar-refractivity contribution in [2.24, 2.45) is 0 Å². The van der Waals surface area contributed by atoms with Crippen molar-refractivity contribution in [1.82, 2.24) is 0 Å². The normalized spacial score (nSPS) is 20.6. The van der Waals surface area contributed by atoms with E-state index in [4.69, 9.17) is 23.6 Å². The molecule has 0 amide bonds. The highest BCUT2D eigenvalue weighted by atomic mass is 32.4. The van der Waals surface area contributed by atoms with Crippen LogP contribution in [0.5, 0.6) is 0 Å². The summed E-state index contributed by atoms with van der Waals surface area (Å²) in [5.74, 6) is 0. The Bertz CT molecular complexity index is 1720. The Hall–Kier alpha value is -2.80. The molecule has 5 aromatic carbocycles. The lowest BCUT2D eigenvalue weighted by atomic mass is 10.1. The molecule has 2 aliphatic rings. The number of hydrogen-bond donors (Lipinski definition) is 0. The van der Waals surface area contributed by atoms with E-state index < -0.39 is 12.1 Å². The molecule has 5 aromatic rings. The Morgan fingerprint density at radius 2 is 0.949 bits per heavy atom. The highest BCUT2D eigenvalue weighted by molar-refractivity contribution is 8.27. The molecule has 192 valence electrons. The highest BCUT2D eigenvalue weighted by Crippen LogP contribution is 2.60. The third-order valence-corrected chi connectivity index (χ3v) is 18.0. The molecule has 7 rings (SSSR count). The number of benzene rings is 5. The van der Waals surface area contributed by atoms with Gasteiger partial charge in [0.25, 0.3) is 0 Å². The fourth-order valence-corrected chi connectivity index (χ4v) is 14.9. The molecule has 1 nitrogen and oxygen atoms in total. The zero-order valence-corrected chi connectivity index (χ0v) is 25.5. The van der Waals surface area contributed by atoms with E-state index in [1.54, 1.807) is 0 Å². The number of anilines is 3. The van der Waals surface area contributed by atoms with Gasteiger partial charge in [0, 0.05) is 33.3 Å². The minimum atomic E-state index is -2.34. The quantitative estimate of drug-likeness (QED) is 0.222. The molecule has 0 fully saturated rings. The minimum Gasteiger partial charge on any atom is -0.308 e. The van der Waals surface area contributed by atoms with Crippen molar-refractivity contribution >= 4 is 84.6 Å². The lowest BCUT2D eigenvalue weighted by molar-refractivity contribution is 1.14. The van der Waals surface area contributed by atoms with E-state index in [0.717, 1.165) is 12.8 Å². The van der Waals surface area contributed by atoms with Gasteiger partial charge >= 0.3 is 0 Å². The molecule has 0 saturated heterocycles. The van der Waals surface area contributed by atoms with Gasteiger partial charge in [-0.3, -0.25) is 0 Å². The van der Waals surface area contributed by atoms with E-state index in [1.807, 2.05) is 0 Å². The molecule has 0 N–H and O–H groups in total. The van der Waals surface area contributed by atoms with Crippen molar-refractivity contribution < 1.29 is 0 Å². The second kappa shape index (κ2) is 9.39. The average molecular weight is 578 g/mol. The minimum absolute atomic E-state index is 0.982. The SMILES string of the molecule is CCc1ccc2c(c1)P(=S)(c1ccccc1)c1cccc3c1N2c1ccc(CC)cc1P3(=S)c1ccccc1. The Kier molecular flexibility index (Phi) is 6.07. The van der Waals surface area contributed by atoms with Crippen LogP contribution in [0, 0.1) is 0 Å². The monoisotopic (exact) mass is 577 g/mol. The van der Waals surface area contributed by atoms with Crippen LogP contribution in [0.3, 0.4) is 0 Å². The lowest BCUT2D eigenvalue weighted by Crippen LogP contribution is -2.45. The Morgan fingerprint density at radius 1 is 0.513 bits per heavy atom. The van der Waals surface area contributed by atoms with Crippen LogP contribution in [0.25, 0.3) is 0 Å². The van der Waals surface area contributed by atoms with Crippen LogP contribution in [0.4, 0.5) is 17.1 Å². The van der Waals surface area contributed by atoms with Crippen molar-refractivity contribution in [3.05, 3.63) is 126 Å². The summed E-state index contributed by atoms with van der Waals surface area (Å²) in [4.78, 5) is 2.50. The topological polar surface area (TPSA) is 3.24 Å². The molecule has 5 heteroatoms. The van der Waals surface area contributed by atoms with Crippen LogP contribution in [-0.2, 0) is 36.5 Å². The van der Waals surface area contributed by atoms with E-state index in [2.05, 4.69) is 134 Å². The van der Waals surface area contributed by atoms with Gasteiger partial charge in [-0.25, -0.2) is 0 Å². The Labute approximate surface area is 241 Å². The van der Waals surface area contributed by atoms with E-state index in [9.17, 15) is 0 Å². The molecule has 39 heavy (non-hydrogen) atoms. The first-order valence-electron chi connectivity index (χ1n) is 13.5. The van der Waals surface area contributed by atoms with Gasteiger partial charge in [-0.1, -0.05) is 128 Å². The number of nitrogens with zero attached hydrogens (tertiary/aromatic N) is 1. The van der Waals surface area contributed by atoms with E-state index in [1.165, 1.54) is 60.0 Å². The first kappa shape index (κ1) is 25.2. The standard InChI is InChI=1S/C34H29NP2S2/c1-3-24-18-20-28-32(22-24)36(38,26-12-7-5-8-13-26)30-16-11-17-31-34(30)35(28)29-21-19-25(4-2)23-33(29)37(31,39)27-14-9-6-10-15-27/h5-23H,3-4H2,1-2H3. The second-order valence-corrected chi connectivity index (χ2v) is 18.9. The fourth-order valence-electron chi connectivity index (χ4n) is 6.18. The molecule has 0 spiro atoms. The number of hydrogen-bond acceptors (Lipinski definition) is 3. The maximum absolute atomic E-state index is 6.91. The highest BCUT2D eigenvalue weighted by Gasteiger charge is 2.45. The molecule has 0 aromatic heterocycles. The first-order valence-corrected chi connectivity index (χ1v) is 19.1. The van der Waals surface area contributed by atoms with Crippen LogP contribution < -0.4 is 36.7 Å². The summed E-state index contributed by atoms with van der Waals surface area (Å²) in [7, 11) is 0. The molecular weight excluding hydrogens is 548 g/mol. The molecule has 0 aliphatic carbocycles.